The molecule has 0 unspecified atom stereocenters. The summed E-state index contributed by atoms with van der Waals surface area (Å²) in [5.41, 5.74) is 0.994. The van der Waals surface area contributed by atoms with Crippen molar-refractivity contribution >= 4 is 39.6 Å². The SMILES string of the molecule is COc1cc(OC)cc(C(=O)Nc2nc(CC(=O)NCc3cccs3)cs2)c1. The predicted molar refractivity (Wildman–Crippen MR) is 109 cm³/mol. The molecule has 9 heteroatoms. The van der Waals surface area contributed by atoms with Gasteiger partial charge in [0.15, 0.2) is 5.13 Å². The first-order valence-electron chi connectivity index (χ1n) is 8.35. The van der Waals surface area contributed by atoms with E-state index in [9.17, 15) is 9.59 Å². The molecule has 0 atom stereocenters. The fraction of sp³-hybridized carbons (Fsp3) is 0.211. The molecular weight excluding hydrogens is 398 g/mol. The van der Waals surface area contributed by atoms with E-state index in [1.165, 1.54) is 25.6 Å². The zero-order valence-electron chi connectivity index (χ0n) is 15.4. The van der Waals surface area contributed by atoms with Crippen molar-refractivity contribution < 1.29 is 19.1 Å². The maximum atomic E-state index is 12.5. The lowest BCUT2D eigenvalue weighted by Crippen LogP contribution is -2.24. The minimum absolute atomic E-state index is 0.117. The van der Waals surface area contributed by atoms with E-state index in [2.05, 4.69) is 15.6 Å². The number of thiophene rings is 1. The molecule has 0 radical (unpaired) electrons. The number of nitrogens with zero attached hydrogens (tertiary/aromatic N) is 1. The van der Waals surface area contributed by atoms with E-state index in [1.54, 1.807) is 34.9 Å². The van der Waals surface area contributed by atoms with Gasteiger partial charge in [-0.15, -0.1) is 22.7 Å². The van der Waals surface area contributed by atoms with Crippen LogP contribution in [0.5, 0.6) is 11.5 Å². The molecule has 0 bridgehead atoms. The number of nitrogens with one attached hydrogen (secondary N) is 2. The van der Waals surface area contributed by atoms with Crippen molar-refractivity contribution in [2.24, 2.45) is 0 Å². The number of carbonyl (C=O) groups excluding carboxylic acids is 2. The Labute approximate surface area is 170 Å². The van der Waals surface area contributed by atoms with Crippen LogP contribution in [-0.2, 0) is 17.8 Å². The molecule has 2 heterocycles. The second-order valence-corrected chi connectivity index (χ2v) is 7.62. The monoisotopic (exact) mass is 417 g/mol. The van der Waals surface area contributed by atoms with Crippen molar-refractivity contribution in [3.8, 4) is 11.5 Å². The highest BCUT2D eigenvalue weighted by Gasteiger charge is 2.13. The third-order valence-corrected chi connectivity index (χ3v) is 5.45. The molecule has 1 aromatic carbocycles. The minimum atomic E-state index is -0.333. The van der Waals surface area contributed by atoms with Gasteiger partial charge in [-0.25, -0.2) is 4.98 Å². The average molecular weight is 418 g/mol. The van der Waals surface area contributed by atoms with Crippen molar-refractivity contribution in [3.63, 3.8) is 0 Å². The lowest BCUT2D eigenvalue weighted by molar-refractivity contribution is -0.120. The molecule has 2 N–H and O–H groups in total. The minimum Gasteiger partial charge on any atom is -0.497 e. The summed E-state index contributed by atoms with van der Waals surface area (Å²) >= 11 is 2.86. The van der Waals surface area contributed by atoms with Crippen LogP contribution in [0.25, 0.3) is 0 Å². The Morgan fingerprint density at radius 2 is 1.86 bits per heavy atom. The fourth-order valence-corrected chi connectivity index (χ4v) is 3.73. The van der Waals surface area contributed by atoms with Gasteiger partial charge < -0.3 is 14.8 Å². The van der Waals surface area contributed by atoms with Gasteiger partial charge in [-0.3, -0.25) is 14.9 Å². The third kappa shape index (κ3) is 5.30. The lowest BCUT2D eigenvalue weighted by Gasteiger charge is -2.08. The number of hydrogen-bond donors (Lipinski definition) is 2. The van der Waals surface area contributed by atoms with Gasteiger partial charge in [-0.2, -0.15) is 0 Å². The van der Waals surface area contributed by atoms with Crippen molar-refractivity contribution in [3.05, 3.63) is 57.2 Å². The quantitative estimate of drug-likeness (QED) is 0.587. The summed E-state index contributed by atoms with van der Waals surface area (Å²) in [6.07, 6.45) is 0.157. The molecular formula is C19H19N3O4S2. The highest BCUT2D eigenvalue weighted by Crippen LogP contribution is 2.24. The number of amides is 2. The Morgan fingerprint density at radius 3 is 2.50 bits per heavy atom. The zero-order valence-corrected chi connectivity index (χ0v) is 17.0. The summed E-state index contributed by atoms with van der Waals surface area (Å²) in [6, 6.07) is 8.83. The molecule has 2 aromatic heterocycles. The predicted octanol–water partition coefficient (Wildman–Crippen LogP) is 3.33. The molecule has 3 aromatic rings. The summed E-state index contributed by atoms with van der Waals surface area (Å²) < 4.78 is 10.4. The molecule has 146 valence electrons. The molecule has 7 nitrogen and oxygen atoms in total. The van der Waals surface area contributed by atoms with Gasteiger partial charge in [-0.1, -0.05) is 6.07 Å². The van der Waals surface area contributed by atoms with Crippen molar-refractivity contribution in [2.45, 2.75) is 13.0 Å². The first-order valence-corrected chi connectivity index (χ1v) is 10.1. The number of anilines is 1. The van der Waals surface area contributed by atoms with Crippen LogP contribution in [0.4, 0.5) is 5.13 Å². The fourth-order valence-electron chi connectivity index (χ4n) is 2.38. The van der Waals surface area contributed by atoms with Crippen LogP contribution >= 0.6 is 22.7 Å². The van der Waals surface area contributed by atoms with Crippen LogP contribution in [0.2, 0.25) is 0 Å². The van der Waals surface area contributed by atoms with Crippen molar-refractivity contribution in [1.82, 2.24) is 10.3 Å². The molecule has 28 heavy (non-hydrogen) atoms. The van der Waals surface area contributed by atoms with Crippen LogP contribution in [0.1, 0.15) is 20.9 Å². The smallest absolute Gasteiger partial charge is 0.257 e. The van der Waals surface area contributed by atoms with E-state index in [0.29, 0.717) is 34.4 Å². The van der Waals surface area contributed by atoms with Gasteiger partial charge in [0.05, 0.1) is 32.9 Å². The standard InChI is InChI=1S/C19H19N3O4S2/c1-25-14-6-12(7-15(9-14)26-2)18(24)22-19-21-13(11-28-19)8-17(23)20-10-16-4-3-5-27-16/h3-7,9,11H,8,10H2,1-2H3,(H,20,23)(H,21,22,24). The number of aromatic nitrogens is 1. The van der Waals surface area contributed by atoms with Gasteiger partial charge in [0.25, 0.3) is 5.91 Å². The third-order valence-electron chi connectivity index (χ3n) is 3.77. The molecule has 3 rings (SSSR count). The summed E-state index contributed by atoms with van der Waals surface area (Å²) in [6.45, 7) is 0.502. The molecule has 0 aliphatic rings. The largest absolute Gasteiger partial charge is 0.497 e. The first kappa shape index (κ1) is 19.8. The molecule has 0 fully saturated rings. The van der Waals surface area contributed by atoms with Gasteiger partial charge in [0, 0.05) is 21.9 Å². The number of ether oxygens (including phenoxy) is 2. The molecule has 0 saturated heterocycles. The van der Waals surface area contributed by atoms with Crippen LogP contribution in [0, 0.1) is 0 Å². The van der Waals surface area contributed by atoms with E-state index >= 15 is 0 Å². The van der Waals surface area contributed by atoms with E-state index in [-0.39, 0.29) is 18.2 Å². The molecule has 0 aliphatic carbocycles. The average Bonchev–Trinajstić information content (AvgIpc) is 3.38. The number of benzene rings is 1. The van der Waals surface area contributed by atoms with E-state index in [0.717, 1.165) is 4.88 Å². The van der Waals surface area contributed by atoms with E-state index in [4.69, 9.17) is 9.47 Å². The van der Waals surface area contributed by atoms with Gasteiger partial charge in [-0.05, 0) is 23.6 Å². The van der Waals surface area contributed by atoms with Crippen LogP contribution in [-0.4, -0.2) is 31.0 Å². The number of methoxy groups -OCH3 is 2. The van der Waals surface area contributed by atoms with Gasteiger partial charge in [0.2, 0.25) is 5.91 Å². The van der Waals surface area contributed by atoms with Gasteiger partial charge in [0.1, 0.15) is 11.5 Å². The normalized spacial score (nSPS) is 10.4. The maximum Gasteiger partial charge on any atom is 0.257 e. The topological polar surface area (TPSA) is 89.6 Å². The Balaban J connectivity index is 1.58. The maximum absolute atomic E-state index is 12.5. The zero-order chi connectivity index (χ0) is 19.9. The Morgan fingerprint density at radius 1 is 1.11 bits per heavy atom. The van der Waals surface area contributed by atoms with Crippen LogP contribution in [0.3, 0.4) is 0 Å². The van der Waals surface area contributed by atoms with Crippen molar-refractivity contribution in [1.29, 1.82) is 0 Å². The summed E-state index contributed by atoms with van der Waals surface area (Å²) in [5, 5.41) is 9.74. The Bertz CT molecular complexity index is 932. The number of carbonyl (C=O) groups is 2. The van der Waals surface area contributed by atoms with Crippen molar-refractivity contribution in [2.75, 3.05) is 19.5 Å². The number of hydrogen-bond acceptors (Lipinski definition) is 7. The highest BCUT2D eigenvalue weighted by molar-refractivity contribution is 7.14. The highest BCUT2D eigenvalue weighted by atomic mass is 32.1. The van der Waals surface area contributed by atoms with E-state index in [1.807, 2.05) is 17.5 Å². The molecule has 0 saturated carbocycles. The first-order chi connectivity index (χ1) is 13.6. The lowest BCUT2D eigenvalue weighted by atomic mass is 10.2. The number of thiazole rings is 1. The Hall–Kier alpha value is -2.91. The second kappa shape index (κ2) is 9.34. The second-order valence-electron chi connectivity index (χ2n) is 5.73. The van der Waals surface area contributed by atoms with Crippen LogP contribution < -0.4 is 20.1 Å². The van der Waals surface area contributed by atoms with Gasteiger partial charge >= 0.3 is 0 Å². The summed E-state index contributed by atoms with van der Waals surface area (Å²) in [4.78, 5) is 29.9. The molecule has 0 aliphatic heterocycles. The van der Waals surface area contributed by atoms with Crippen LogP contribution in [0.15, 0.2) is 41.1 Å². The molecule has 0 spiro atoms. The Kier molecular flexibility index (Phi) is 6.62. The molecule has 2 amide bonds. The van der Waals surface area contributed by atoms with E-state index < -0.39 is 0 Å². The number of rotatable bonds is 8. The summed E-state index contributed by atoms with van der Waals surface area (Å²) in [7, 11) is 3.04. The summed E-state index contributed by atoms with van der Waals surface area (Å²) in [5.74, 6) is 0.591.